The number of nitrogens with one attached hydrogen (secondary N) is 1. The fraction of sp³-hybridized carbons (Fsp3) is 0.0909. The molecule has 1 N–H and O–H groups in total. The van der Waals surface area contributed by atoms with E-state index in [1.54, 1.807) is 18.3 Å². The van der Waals surface area contributed by atoms with Gasteiger partial charge in [-0.05, 0) is 35.4 Å². The highest BCUT2D eigenvalue weighted by atomic mass is 16.4. The van der Waals surface area contributed by atoms with Crippen LogP contribution < -0.4 is 5.32 Å². The fourth-order valence-corrected chi connectivity index (χ4v) is 2.80. The molecule has 0 radical (unpaired) electrons. The quantitative estimate of drug-likeness (QED) is 0.559. The minimum Gasteiger partial charge on any atom is -0.419 e. The Kier molecular flexibility index (Phi) is 5.20. The molecule has 2 aromatic carbocycles. The van der Waals surface area contributed by atoms with Gasteiger partial charge in [-0.15, -0.1) is 10.2 Å². The Balaban J connectivity index is 1.36. The van der Waals surface area contributed by atoms with Crippen LogP contribution in [-0.2, 0) is 6.42 Å². The number of nitrogens with zero attached hydrogens (tertiary/aromatic N) is 3. The first-order chi connectivity index (χ1) is 13.8. The molecular formula is C22H18N4O2. The van der Waals surface area contributed by atoms with Crippen LogP contribution in [0, 0.1) is 0 Å². The van der Waals surface area contributed by atoms with Gasteiger partial charge in [-0.25, -0.2) is 0 Å². The number of aromatic nitrogens is 3. The molecule has 1 amide bonds. The van der Waals surface area contributed by atoms with Gasteiger partial charge in [0.1, 0.15) is 5.69 Å². The van der Waals surface area contributed by atoms with Crippen molar-refractivity contribution in [2.24, 2.45) is 0 Å². The summed E-state index contributed by atoms with van der Waals surface area (Å²) in [5, 5.41) is 10.9. The Labute approximate surface area is 162 Å². The van der Waals surface area contributed by atoms with Crippen molar-refractivity contribution in [2.45, 2.75) is 6.42 Å². The lowest BCUT2D eigenvalue weighted by atomic mass is 10.0. The van der Waals surface area contributed by atoms with Crippen LogP contribution in [0.3, 0.4) is 0 Å². The van der Waals surface area contributed by atoms with Crippen LogP contribution in [0.1, 0.15) is 16.2 Å². The predicted octanol–water partition coefficient (Wildman–Crippen LogP) is 3.77. The number of pyridine rings is 1. The first-order valence-corrected chi connectivity index (χ1v) is 8.97. The minimum absolute atomic E-state index is 0.137. The van der Waals surface area contributed by atoms with Crippen LogP contribution in [0.25, 0.3) is 22.7 Å². The van der Waals surface area contributed by atoms with Crippen LogP contribution in [0.4, 0.5) is 0 Å². The lowest BCUT2D eigenvalue weighted by molar-refractivity contribution is 0.0953. The average molecular weight is 370 g/mol. The monoisotopic (exact) mass is 370 g/mol. The highest BCUT2D eigenvalue weighted by molar-refractivity contribution is 5.95. The van der Waals surface area contributed by atoms with Gasteiger partial charge in [0, 0.05) is 24.7 Å². The van der Waals surface area contributed by atoms with Crippen LogP contribution in [0.2, 0.25) is 0 Å². The van der Waals surface area contributed by atoms with E-state index >= 15 is 0 Å². The SMILES string of the molecule is O=C(NCCc1nnc(-c2ccccn2)o1)c1cccc(-c2ccccc2)c1. The second-order valence-electron chi connectivity index (χ2n) is 6.17. The van der Waals surface area contributed by atoms with E-state index in [4.69, 9.17) is 4.42 Å². The van der Waals surface area contributed by atoms with Gasteiger partial charge in [0.05, 0.1) is 0 Å². The Morgan fingerprint density at radius 1 is 0.893 bits per heavy atom. The molecule has 0 fully saturated rings. The van der Waals surface area contributed by atoms with Gasteiger partial charge in [0.2, 0.25) is 5.89 Å². The van der Waals surface area contributed by atoms with Gasteiger partial charge in [-0.2, -0.15) is 0 Å². The molecule has 0 aliphatic rings. The molecule has 0 saturated heterocycles. The predicted molar refractivity (Wildman–Crippen MR) is 105 cm³/mol. The van der Waals surface area contributed by atoms with E-state index < -0.39 is 0 Å². The smallest absolute Gasteiger partial charge is 0.266 e. The summed E-state index contributed by atoms with van der Waals surface area (Å²) in [6.07, 6.45) is 2.12. The number of amides is 1. The zero-order valence-corrected chi connectivity index (χ0v) is 15.1. The number of carbonyl (C=O) groups is 1. The molecule has 0 saturated carbocycles. The second kappa shape index (κ2) is 8.26. The summed E-state index contributed by atoms with van der Waals surface area (Å²) in [7, 11) is 0. The van der Waals surface area contributed by atoms with Gasteiger partial charge in [0.15, 0.2) is 0 Å². The number of hydrogen-bond acceptors (Lipinski definition) is 5. The lowest BCUT2D eigenvalue weighted by Crippen LogP contribution is -2.25. The van der Waals surface area contributed by atoms with E-state index in [-0.39, 0.29) is 5.91 Å². The maximum Gasteiger partial charge on any atom is 0.266 e. The topological polar surface area (TPSA) is 80.9 Å². The molecule has 0 unspecified atom stereocenters. The third-order valence-electron chi connectivity index (χ3n) is 4.21. The largest absolute Gasteiger partial charge is 0.419 e. The number of carbonyl (C=O) groups excluding carboxylic acids is 1. The fourth-order valence-electron chi connectivity index (χ4n) is 2.80. The third-order valence-corrected chi connectivity index (χ3v) is 4.21. The number of benzene rings is 2. The molecule has 0 aliphatic carbocycles. The van der Waals surface area contributed by atoms with Crippen molar-refractivity contribution in [3.63, 3.8) is 0 Å². The molecule has 4 rings (SSSR count). The Morgan fingerprint density at radius 3 is 2.54 bits per heavy atom. The molecule has 4 aromatic rings. The second-order valence-corrected chi connectivity index (χ2v) is 6.17. The maximum atomic E-state index is 12.5. The highest BCUT2D eigenvalue weighted by Crippen LogP contribution is 2.20. The molecular weight excluding hydrogens is 352 g/mol. The molecule has 138 valence electrons. The normalized spacial score (nSPS) is 10.6. The zero-order valence-electron chi connectivity index (χ0n) is 15.1. The summed E-state index contributed by atoms with van der Waals surface area (Å²) in [6.45, 7) is 0.401. The van der Waals surface area contributed by atoms with Gasteiger partial charge in [-0.3, -0.25) is 9.78 Å². The molecule has 0 spiro atoms. The number of hydrogen-bond donors (Lipinski definition) is 1. The summed E-state index contributed by atoms with van der Waals surface area (Å²) >= 11 is 0. The summed E-state index contributed by atoms with van der Waals surface area (Å²) in [5.74, 6) is 0.693. The molecule has 2 heterocycles. The van der Waals surface area contributed by atoms with E-state index in [0.29, 0.717) is 36.0 Å². The van der Waals surface area contributed by atoms with E-state index in [0.717, 1.165) is 11.1 Å². The highest BCUT2D eigenvalue weighted by Gasteiger charge is 2.11. The average Bonchev–Trinajstić information content (AvgIpc) is 3.24. The summed E-state index contributed by atoms with van der Waals surface area (Å²) in [6, 6.07) is 23.0. The van der Waals surface area contributed by atoms with Crippen molar-refractivity contribution in [3.05, 3.63) is 90.4 Å². The number of rotatable bonds is 6. The third kappa shape index (κ3) is 4.12. The van der Waals surface area contributed by atoms with Crippen LogP contribution in [0.15, 0.2) is 83.4 Å². The molecule has 0 atom stereocenters. The van der Waals surface area contributed by atoms with E-state index in [1.165, 1.54) is 0 Å². The van der Waals surface area contributed by atoms with E-state index in [2.05, 4.69) is 20.5 Å². The summed E-state index contributed by atoms with van der Waals surface area (Å²) in [5.41, 5.74) is 3.32. The van der Waals surface area contributed by atoms with Gasteiger partial charge < -0.3 is 9.73 Å². The van der Waals surface area contributed by atoms with E-state index in [1.807, 2.05) is 60.7 Å². The standard InChI is InChI=1S/C22H18N4O2/c27-21(18-10-6-9-17(15-18)16-7-2-1-3-8-16)24-14-12-20-25-26-22(28-20)19-11-4-5-13-23-19/h1-11,13,15H,12,14H2,(H,24,27). The van der Waals surface area contributed by atoms with Crippen molar-refractivity contribution >= 4 is 5.91 Å². The Morgan fingerprint density at radius 2 is 1.71 bits per heavy atom. The molecule has 6 heteroatoms. The lowest BCUT2D eigenvalue weighted by Gasteiger charge is -2.06. The first kappa shape index (κ1) is 17.6. The van der Waals surface area contributed by atoms with Crippen molar-refractivity contribution in [3.8, 4) is 22.7 Å². The first-order valence-electron chi connectivity index (χ1n) is 8.97. The minimum atomic E-state index is -0.137. The summed E-state index contributed by atoms with van der Waals surface area (Å²) < 4.78 is 5.60. The maximum absolute atomic E-state index is 12.5. The Bertz CT molecular complexity index is 1060. The van der Waals surface area contributed by atoms with Crippen molar-refractivity contribution < 1.29 is 9.21 Å². The zero-order chi connectivity index (χ0) is 19.2. The van der Waals surface area contributed by atoms with Gasteiger partial charge >= 0.3 is 0 Å². The molecule has 28 heavy (non-hydrogen) atoms. The van der Waals surface area contributed by atoms with Crippen molar-refractivity contribution in [1.82, 2.24) is 20.5 Å². The van der Waals surface area contributed by atoms with Crippen LogP contribution in [0.5, 0.6) is 0 Å². The van der Waals surface area contributed by atoms with E-state index in [9.17, 15) is 4.79 Å². The van der Waals surface area contributed by atoms with Crippen LogP contribution >= 0.6 is 0 Å². The Hall–Kier alpha value is -3.80. The van der Waals surface area contributed by atoms with Crippen molar-refractivity contribution in [1.29, 1.82) is 0 Å². The van der Waals surface area contributed by atoms with Gasteiger partial charge in [0.25, 0.3) is 11.8 Å². The molecule has 0 bridgehead atoms. The summed E-state index contributed by atoms with van der Waals surface area (Å²) in [4.78, 5) is 16.6. The van der Waals surface area contributed by atoms with Gasteiger partial charge in [-0.1, -0.05) is 48.5 Å². The van der Waals surface area contributed by atoms with Crippen LogP contribution in [-0.4, -0.2) is 27.6 Å². The molecule has 2 aromatic heterocycles. The molecule has 0 aliphatic heterocycles. The molecule has 6 nitrogen and oxygen atoms in total. The van der Waals surface area contributed by atoms with Crippen molar-refractivity contribution in [2.75, 3.05) is 6.54 Å².